The summed E-state index contributed by atoms with van der Waals surface area (Å²) in [5, 5.41) is 14.2. The third-order valence-corrected chi connectivity index (χ3v) is 4.21. The predicted octanol–water partition coefficient (Wildman–Crippen LogP) is 0.977. The second kappa shape index (κ2) is 6.39. The molecule has 0 saturated carbocycles. The molecule has 0 spiro atoms. The molecule has 1 N–H and O–H groups in total. The normalized spacial score (nSPS) is 29.4. The fourth-order valence-corrected chi connectivity index (χ4v) is 2.94. The Balaban J connectivity index is 1.81. The minimum absolute atomic E-state index is 0.251. The molecule has 0 radical (unpaired) electrons. The molecule has 1 aromatic heterocycles. The molecule has 2 fully saturated rings. The van der Waals surface area contributed by atoms with Gasteiger partial charge < -0.3 is 23.8 Å². The van der Waals surface area contributed by atoms with E-state index >= 15 is 0 Å². The second-order valence-corrected chi connectivity index (χ2v) is 5.53. The van der Waals surface area contributed by atoms with Crippen LogP contribution in [-0.2, 0) is 19.8 Å². The second-order valence-electron chi connectivity index (χ2n) is 5.53. The molecular weight excluding hydrogens is 276 g/mol. The molecule has 2 atom stereocenters. The summed E-state index contributed by atoms with van der Waals surface area (Å²) in [5.41, 5.74) is -0.533. The Morgan fingerprint density at radius 2 is 2.10 bits per heavy atom. The van der Waals surface area contributed by atoms with E-state index in [0.29, 0.717) is 64.0 Å². The van der Waals surface area contributed by atoms with Crippen LogP contribution in [0, 0.1) is 0 Å². The number of aromatic nitrogens is 2. The third-order valence-electron chi connectivity index (χ3n) is 4.21. The molecule has 21 heavy (non-hydrogen) atoms. The zero-order valence-electron chi connectivity index (χ0n) is 12.3. The Morgan fingerprint density at radius 1 is 1.29 bits per heavy atom. The first kappa shape index (κ1) is 14.9. The molecule has 0 aromatic carbocycles. The van der Waals surface area contributed by atoms with Crippen LogP contribution in [-0.4, -0.2) is 54.4 Å². The van der Waals surface area contributed by atoms with E-state index < -0.39 is 11.7 Å². The smallest absolute Gasteiger partial charge is 0.234 e. The van der Waals surface area contributed by atoms with E-state index in [1.165, 1.54) is 0 Å². The van der Waals surface area contributed by atoms with Crippen molar-refractivity contribution in [2.45, 2.75) is 43.8 Å². The summed E-state index contributed by atoms with van der Waals surface area (Å²) < 4.78 is 22.1. The molecule has 118 valence electrons. The van der Waals surface area contributed by atoms with E-state index in [0.717, 1.165) is 0 Å². The van der Waals surface area contributed by atoms with Crippen LogP contribution >= 0.6 is 0 Å². The molecule has 0 bridgehead atoms. The van der Waals surface area contributed by atoms with Gasteiger partial charge in [0.25, 0.3) is 0 Å². The lowest BCUT2D eigenvalue weighted by Gasteiger charge is -2.33. The van der Waals surface area contributed by atoms with Crippen molar-refractivity contribution >= 4 is 0 Å². The van der Waals surface area contributed by atoms with Crippen molar-refractivity contribution < 1.29 is 23.8 Å². The summed E-state index contributed by atoms with van der Waals surface area (Å²) >= 11 is 0. The van der Waals surface area contributed by atoms with Crippen LogP contribution in [0.4, 0.5) is 0 Å². The highest BCUT2D eigenvalue weighted by atomic mass is 16.5. The highest BCUT2D eigenvalue weighted by Crippen LogP contribution is 2.35. The highest BCUT2D eigenvalue weighted by molar-refractivity contribution is 5.06. The first-order valence-electron chi connectivity index (χ1n) is 7.57. The van der Waals surface area contributed by atoms with Crippen molar-refractivity contribution in [3.63, 3.8) is 0 Å². The zero-order chi connectivity index (χ0) is 14.7. The van der Waals surface area contributed by atoms with Gasteiger partial charge in [0.1, 0.15) is 5.60 Å². The zero-order valence-corrected chi connectivity index (χ0v) is 12.3. The quantitative estimate of drug-likeness (QED) is 0.886. The summed E-state index contributed by atoms with van der Waals surface area (Å²) in [4.78, 5) is 4.50. The summed E-state index contributed by atoms with van der Waals surface area (Å²) in [6.45, 7) is 4.76. The molecule has 1 aromatic rings. The van der Waals surface area contributed by atoms with Crippen molar-refractivity contribution in [2.75, 3.05) is 33.0 Å². The van der Waals surface area contributed by atoms with Gasteiger partial charge in [0, 0.05) is 39.3 Å². The van der Waals surface area contributed by atoms with Crippen LogP contribution < -0.4 is 0 Å². The lowest BCUT2D eigenvalue weighted by molar-refractivity contribution is -0.118. The first-order chi connectivity index (χ1) is 10.2. The number of nitrogens with zero attached hydrogens (tertiary/aromatic N) is 2. The SMILES string of the molecule is CCOC1(c2noc(C3COCCC3O)n2)CCOCC1. The minimum atomic E-state index is -0.533. The molecule has 7 heteroatoms. The standard InChI is InChI=1S/C14H22N2O5/c1-2-20-14(4-7-18-8-5-14)13-15-12(21-16-13)10-9-19-6-3-11(10)17/h10-11,17H,2-9H2,1H3. The highest BCUT2D eigenvalue weighted by Gasteiger charge is 2.41. The van der Waals surface area contributed by atoms with Crippen LogP contribution in [0.3, 0.4) is 0 Å². The van der Waals surface area contributed by atoms with Gasteiger partial charge in [-0.25, -0.2) is 0 Å². The number of aliphatic hydroxyl groups is 1. The van der Waals surface area contributed by atoms with Gasteiger partial charge in [-0.1, -0.05) is 5.16 Å². The van der Waals surface area contributed by atoms with Gasteiger partial charge in [-0.2, -0.15) is 4.98 Å². The molecule has 3 rings (SSSR count). The third kappa shape index (κ3) is 2.96. The number of aliphatic hydroxyl groups excluding tert-OH is 1. The van der Waals surface area contributed by atoms with Crippen LogP contribution in [0.15, 0.2) is 4.52 Å². The van der Waals surface area contributed by atoms with Crippen molar-refractivity contribution in [3.8, 4) is 0 Å². The van der Waals surface area contributed by atoms with Crippen molar-refractivity contribution in [1.29, 1.82) is 0 Å². The minimum Gasteiger partial charge on any atom is -0.392 e. The summed E-state index contributed by atoms with van der Waals surface area (Å²) in [7, 11) is 0. The van der Waals surface area contributed by atoms with Gasteiger partial charge in [-0.05, 0) is 13.3 Å². The van der Waals surface area contributed by atoms with Crippen molar-refractivity contribution in [1.82, 2.24) is 10.1 Å². The molecular formula is C14H22N2O5. The molecule has 2 aliphatic rings. The van der Waals surface area contributed by atoms with E-state index in [2.05, 4.69) is 10.1 Å². The molecule has 3 heterocycles. The van der Waals surface area contributed by atoms with Crippen molar-refractivity contribution in [2.24, 2.45) is 0 Å². The molecule has 0 amide bonds. The van der Waals surface area contributed by atoms with E-state index in [-0.39, 0.29) is 5.92 Å². The average molecular weight is 298 g/mol. The Hall–Kier alpha value is -1.02. The predicted molar refractivity (Wildman–Crippen MR) is 71.8 cm³/mol. The Morgan fingerprint density at radius 3 is 2.81 bits per heavy atom. The number of hydrogen-bond acceptors (Lipinski definition) is 7. The monoisotopic (exact) mass is 298 g/mol. The van der Waals surface area contributed by atoms with Gasteiger partial charge in [0.2, 0.25) is 11.7 Å². The lowest BCUT2D eigenvalue weighted by atomic mass is 9.93. The molecule has 2 unspecified atom stereocenters. The molecule has 2 saturated heterocycles. The Bertz CT molecular complexity index is 452. The Kier molecular flexibility index (Phi) is 4.54. The summed E-state index contributed by atoms with van der Waals surface area (Å²) in [5.74, 6) is 0.738. The number of hydrogen-bond donors (Lipinski definition) is 1. The van der Waals surface area contributed by atoms with Gasteiger partial charge in [0.05, 0.1) is 18.6 Å². The maximum absolute atomic E-state index is 10.1. The number of ether oxygens (including phenoxy) is 3. The van der Waals surface area contributed by atoms with E-state index in [1.807, 2.05) is 6.92 Å². The fraction of sp³-hybridized carbons (Fsp3) is 0.857. The van der Waals surface area contributed by atoms with E-state index in [9.17, 15) is 5.11 Å². The summed E-state index contributed by atoms with van der Waals surface area (Å²) in [6, 6.07) is 0. The van der Waals surface area contributed by atoms with Crippen LogP contribution in [0.25, 0.3) is 0 Å². The average Bonchev–Trinajstić information content (AvgIpc) is 2.99. The molecule has 2 aliphatic heterocycles. The number of rotatable bonds is 4. The fourth-order valence-electron chi connectivity index (χ4n) is 2.94. The first-order valence-corrected chi connectivity index (χ1v) is 7.57. The maximum Gasteiger partial charge on any atom is 0.234 e. The topological polar surface area (TPSA) is 86.8 Å². The molecule has 0 aliphatic carbocycles. The lowest BCUT2D eigenvalue weighted by Crippen LogP contribution is -2.38. The summed E-state index contributed by atoms with van der Waals surface area (Å²) in [6.07, 6.45) is 1.52. The van der Waals surface area contributed by atoms with Crippen LogP contribution in [0.1, 0.15) is 43.8 Å². The van der Waals surface area contributed by atoms with Crippen molar-refractivity contribution in [3.05, 3.63) is 11.7 Å². The van der Waals surface area contributed by atoms with E-state index in [4.69, 9.17) is 18.7 Å². The van der Waals surface area contributed by atoms with Crippen LogP contribution in [0.5, 0.6) is 0 Å². The molecule has 7 nitrogen and oxygen atoms in total. The van der Waals surface area contributed by atoms with Gasteiger partial charge in [-0.3, -0.25) is 0 Å². The Labute approximate surface area is 123 Å². The maximum atomic E-state index is 10.1. The van der Waals surface area contributed by atoms with Crippen LogP contribution in [0.2, 0.25) is 0 Å². The van der Waals surface area contributed by atoms with Gasteiger partial charge in [0.15, 0.2) is 0 Å². The van der Waals surface area contributed by atoms with Gasteiger partial charge >= 0.3 is 0 Å². The largest absolute Gasteiger partial charge is 0.392 e. The van der Waals surface area contributed by atoms with E-state index in [1.54, 1.807) is 0 Å². The van der Waals surface area contributed by atoms with Gasteiger partial charge in [-0.15, -0.1) is 0 Å².